The van der Waals surface area contributed by atoms with Crippen LogP contribution < -0.4 is 15.5 Å². The molecule has 6 N–H and O–H groups in total. The highest BCUT2D eigenvalue weighted by Gasteiger charge is 2.24. The molecule has 1 fully saturated rings. The largest absolute Gasteiger partial charge is 0.506 e. The number of rotatable bonds is 13. The van der Waals surface area contributed by atoms with Gasteiger partial charge in [-0.3, -0.25) is 18.7 Å². The zero-order chi connectivity index (χ0) is 35.0. The van der Waals surface area contributed by atoms with Crippen molar-refractivity contribution in [3.05, 3.63) is 63.0 Å². The average Bonchev–Trinajstić information content (AvgIpc) is 3.37. The van der Waals surface area contributed by atoms with Crippen molar-refractivity contribution >= 4 is 47.7 Å². The molecule has 1 heterocycles. The molecule has 2 aromatic carbocycles. The van der Waals surface area contributed by atoms with Crippen LogP contribution >= 0.6 is 11.3 Å². The van der Waals surface area contributed by atoms with Crippen LogP contribution in [0.25, 0.3) is 10.2 Å². The monoisotopic (exact) mass is 720 g/mol. The second-order valence-corrected chi connectivity index (χ2v) is 15.1. The number of carbonyl (C=O) groups is 1. The first kappa shape index (κ1) is 40.2. The van der Waals surface area contributed by atoms with Gasteiger partial charge in [-0.25, -0.2) is 4.39 Å². The summed E-state index contributed by atoms with van der Waals surface area (Å²) in [6.07, 6.45) is 9.07. The van der Waals surface area contributed by atoms with Crippen molar-refractivity contribution in [3.8, 4) is 5.75 Å². The van der Waals surface area contributed by atoms with Crippen molar-refractivity contribution in [2.24, 2.45) is 0 Å². The second-order valence-electron chi connectivity index (χ2n) is 11.2. The van der Waals surface area contributed by atoms with E-state index in [2.05, 4.69) is 20.5 Å². The fraction of sp³-hybridized carbons (Fsp3) is 0.533. The highest BCUT2D eigenvalue weighted by molar-refractivity contribution is 7.85. The van der Waals surface area contributed by atoms with Gasteiger partial charge in [0.25, 0.3) is 20.2 Å². The van der Waals surface area contributed by atoms with Crippen molar-refractivity contribution in [2.75, 3.05) is 45.2 Å². The molecule has 0 unspecified atom stereocenters. The number of aromatic amines is 1. The lowest BCUT2D eigenvalue weighted by molar-refractivity contribution is -0.134. The molecule has 0 radical (unpaired) electrons. The van der Waals surface area contributed by atoms with Crippen LogP contribution in [0.3, 0.4) is 0 Å². The topological polar surface area (TPSA) is 206 Å². The summed E-state index contributed by atoms with van der Waals surface area (Å²) in [6.45, 7) is 3.43. The fourth-order valence-corrected chi connectivity index (χ4v) is 6.01. The summed E-state index contributed by atoms with van der Waals surface area (Å²) < 4.78 is 65.9. The first-order valence-corrected chi connectivity index (χ1v) is 19.7. The number of fused-ring (bicyclic) bond motifs is 1. The zero-order valence-corrected chi connectivity index (χ0v) is 29.0. The summed E-state index contributed by atoms with van der Waals surface area (Å²) in [6, 6.07) is 10.4. The third-order valence-corrected chi connectivity index (χ3v) is 8.03. The maximum absolute atomic E-state index is 13.3. The van der Waals surface area contributed by atoms with Gasteiger partial charge in [0.1, 0.15) is 17.1 Å². The molecule has 0 atom stereocenters. The van der Waals surface area contributed by atoms with Gasteiger partial charge < -0.3 is 25.6 Å². The number of carbonyl (C=O) groups excluding carboxylic acids is 1. The molecule has 4 rings (SSSR count). The van der Waals surface area contributed by atoms with Gasteiger partial charge in [0, 0.05) is 32.1 Å². The number of phenols is 1. The highest BCUT2D eigenvalue weighted by Crippen LogP contribution is 2.28. The number of aromatic nitrogens is 1. The number of thiazole rings is 1. The Morgan fingerprint density at radius 2 is 1.57 bits per heavy atom. The predicted octanol–water partition coefficient (Wildman–Crippen LogP) is 2.96. The molecular weight excluding hydrogens is 676 g/mol. The van der Waals surface area contributed by atoms with Crippen molar-refractivity contribution in [1.82, 2.24) is 20.5 Å². The molecule has 1 aliphatic rings. The lowest BCUT2D eigenvalue weighted by Crippen LogP contribution is -2.45. The van der Waals surface area contributed by atoms with E-state index < -0.39 is 20.2 Å². The van der Waals surface area contributed by atoms with E-state index in [4.69, 9.17) is 9.11 Å². The summed E-state index contributed by atoms with van der Waals surface area (Å²) in [5.41, 5.74) is 2.48. The standard InChI is InChI=1S/C28H37FN4O3S.2CH4O3S/c29-22-6-4-5-20(19-22)11-14-30-16-13-25(35)33(23-7-2-1-3-8-23)18-17-31-15-12-21-9-10-24(34)26-27(21)37-28(36)32-26;2*1-5(2,3)4/h4-6,9-10,19,23,30-31,34H,1-3,7-8,11-18H2,(H,32,36);2*1H3,(H,2,3,4). The molecule has 3 aromatic rings. The molecule has 0 bridgehead atoms. The Morgan fingerprint density at radius 1 is 0.957 bits per heavy atom. The van der Waals surface area contributed by atoms with Gasteiger partial charge in [-0.15, -0.1) is 0 Å². The van der Waals surface area contributed by atoms with E-state index >= 15 is 0 Å². The Hall–Kier alpha value is -2.93. The van der Waals surface area contributed by atoms with Gasteiger partial charge in [0.15, 0.2) is 0 Å². The molecule has 1 aliphatic carbocycles. The predicted molar refractivity (Wildman–Crippen MR) is 182 cm³/mol. The molecule has 17 heteroatoms. The summed E-state index contributed by atoms with van der Waals surface area (Å²) in [5, 5.41) is 16.8. The van der Waals surface area contributed by atoms with Crippen LogP contribution in [0.5, 0.6) is 5.75 Å². The van der Waals surface area contributed by atoms with Gasteiger partial charge >= 0.3 is 4.87 Å². The van der Waals surface area contributed by atoms with Crippen molar-refractivity contribution < 1.29 is 40.2 Å². The summed E-state index contributed by atoms with van der Waals surface area (Å²) in [5.74, 6) is 0.0572. The molecule has 0 saturated heterocycles. The van der Waals surface area contributed by atoms with Crippen LogP contribution in [-0.4, -0.2) is 98.1 Å². The number of nitrogens with one attached hydrogen (secondary N) is 3. The summed E-state index contributed by atoms with van der Waals surface area (Å²) >= 11 is 1.12. The quantitative estimate of drug-likeness (QED) is 0.112. The van der Waals surface area contributed by atoms with E-state index in [1.54, 1.807) is 18.2 Å². The molecule has 1 aromatic heterocycles. The number of nitrogens with zero attached hydrogens (tertiary/aromatic N) is 1. The molecule has 1 saturated carbocycles. The number of aromatic hydroxyl groups is 1. The minimum Gasteiger partial charge on any atom is -0.506 e. The molecule has 0 aliphatic heterocycles. The fourth-order valence-electron chi connectivity index (χ4n) is 5.11. The summed E-state index contributed by atoms with van der Waals surface area (Å²) in [7, 11) is -7.33. The Labute approximate surface area is 279 Å². The van der Waals surface area contributed by atoms with Gasteiger partial charge in [-0.2, -0.15) is 16.8 Å². The van der Waals surface area contributed by atoms with Crippen molar-refractivity contribution in [1.29, 1.82) is 0 Å². The van der Waals surface area contributed by atoms with Crippen molar-refractivity contribution in [2.45, 2.75) is 57.4 Å². The maximum Gasteiger partial charge on any atom is 0.305 e. The highest BCUT2D eigenvalue weighted by atomic mass is 32.2. The average molecular weight is 721 g/mol. The van der Waals surface area contributed by atoms with Gasteiger partial charge in [0.2, 0.25) is 5.91 Å². The lowest BCUT2D eigenvalue weighted by Gasteiger charge is -2.34. The van der Waals surface area contributed by atoms with E-state index in [1.165, 1.54) is 25.3 Å². The maximum atomic E-state index is 13.3. The number of hydrogen-bond donors (Lipinski definition) is 6. The summed E-state index contributed by atoms with van der Waals surface area (Å²) in [4.78, 5) is 29.5. The van der Waals surface area contributed by atoms with E-state index in [0.717, 1.165) is 59.4 Å². The normalized spacial score (nSPS) is 13.7. The lowest BCUT2D eigenvalue weighted by atomic mass is 9.94. The zero-order valence-electron chi connectivity index (χ0n) is 26.6. The van der Waals surface area contributed by atoms with Crippen molar-refractivity contribution in [3.63, 3.8) is 0 Å². The van der Waals surface area contributed by atoms with E-state index in [9.17, 15) is 35.9 Å². The second kappa shape index (κ2) is 19.8. The molecule has 47 heavy (non-hydrogen) atoms. The van der Waals surface area contributed by atoms with Gasteiger partial charge in [-0.05, 0) is 68.1 Å². The number of benzene rings is 2. The van der Waals surface area contributed by atoms with Gasteiger partial charge in [-0.1, -0.05) is 48.8 Å². The first-order chi connectivity index (χ1) is 22.0. The smallest absolute Gasteiger partial charge is 0.305 e. The Morgan fingerprint density at radius 3 is 2.21 bits per heavy atom. The van der Waals surface area contributed by atoms with E-state index in [0.29, 0.717) is 56.7 Å². The molecule has 13 nitrogen and oxygen atoms in total. The number of halogens is 1. The third-order valence-electron chi connectivity index (χ3n) is 7.07. The van der Waals surface area contributed by atoms with Crippen LogP contribution in [0.4, 0.5) is 4.39 Å². The van der Waals surface area contributed by atoms with Gasteiger partial charge in [0.05, 0.1) is 17.2 Å². The number of H-pyrrole nitrogens is 1. The van der Waals surface area contributed by atoms with E-state index in [1.807, 2.05) is 12.1 Å². The Kier molecular flexibility index (Phi) is 16.9. The minimum absolute atomic E-state index is 0.0927. The molecule has 1 amide bonds. The number of amides is 1. The molecular formula is C30H45FN4O9S3. The Balaban J connectivity index is 0.000000670. The molecule has 264 valence electrons. The molecule has 0 spiro atoms. The SMILES string of the molecule is CS(=O)(=O)O.CS(=O)(=O)O.O=C(CCNCCc1cccc(F)c1)N(CCNCCc1ccc(O)c2[nH]c(=O)sc12)C1CCCCC1. The van der Waals surface area contributed by atoms with Crippen LogP contribution in [0, 0.1) is 5.82 Å². The van der Waals surface area contributed by atoms with Crippen LogP contribution in [-0.2, 0) is 37.9 Å². The Bertz CT molecular complexity index is 1640. The number of hydrogen-bond acceptors (Lipinski definition) is 10. The third kappa shape index (κ3) is 17.7. The van der Waals surface area contributed by atoms with Crippen LogP contribution in [0.15, 0.2) is 41.2 Å². The minimum atomic E-state index is -3.67. The number of phenolic OH excluding ortho intramolecular Hbond substituents is 1. The van der Waals surface area contributed by atoms with E-state index in [-0.39, 0.29) is 22.3 Å². The van der Waals surface area contributed by atoms with Crippen LogP contribution in [0.2, 0.25) is 0 Å². The van der Waals surface area contributed by atoms with Crippen LogP contribution in [0.1, 0.15) is 49.7 Å². The first-order valence-electron chi connectivity index (χ1n) is 15.1.